The largest absolute Gasteiger partial charge is 0.381 e. The normalized spacial score (nSPS) is 24.0. The highest BCUT2D eigenvalue weighted by Crippen LogP contribution is 2.44. The molecular formula is C20H26FN3O3. The number of anilines is 1. The Labute approximate surface area is 158 Å². The van der Waals surface area contributed by atoms with Gasteiger partial charge in [-0.15, -0.1) is 0 Å². The van der Waals surface area contributed by atoms with Crippen LogP contribution >= 0.6 is 0 Å². The third-order valence-corrected chi connectivity index (χ3v) is 6.08. The third kappa shape index (κ3) is 4.08. The number of hydrogen-bond acceptors (Lipinski definition) is 3. The first-order chi connectivity index (χ1) is 13.1. The van der Waals surface area contributed by atoms with Crippen LogP contribution in [-0.2, 0) is 9.53 Å². The molecule has 2 saturated heterocycles. The van der Waals surface area contributed by atoms with Gasteiger partial charge in [-0.3, -0.25) is 4.79 Å². The molecule has 1 spiro atoms. The molecule has 1 saturated carbocycles. The number of hydrogen-bond donors (Lipinski definition) is 2. The monoisotopic (exact) mass is 375 g/mol. The summed E-state index contributed by atoms with van der Waals surface area (Å²) < 4.78 is 18.9. The molecule has 2 aliphatic heterocycles. The van der Waals surface area contributed by atoms with E-state index in [0.717, 1.165) is 19.4 Å². The van der Waals surface area contributed by atoms with Crippen LogP contribution in [-0.4, -0.2) is 49.7 Å². The van der Waals surface area contributed by atoms with Crippen molar-refractivity contribution in [1.29, 1.82) is 0 Å². The summed E-state index contributed by atoms with van der Waals surface area (Å²) >= 11 is 0. The maximum absolute atomic E-state index is 13.4. The molecule has 3 aliphatic rings. The summed E-state index contributed by atoms with van der Waals surface area (Å²) in [5.74, 6) is 0.0455. The fourth-order valence-corrected chi connectivity index (χ4v) is 4.23. The smallest absolute Gasteiger partial charge is 0.321 e. The van der Waals surface area contributed by atoms with E-state index in [9.17, 15) is 14.0 Å². The van der Waals surface area contributed by atoms with Gasteiger partial charge in [-0.25, -0.2) is 9.18 Å². The van der Waals surface area contributed by atoms with Crippen molar-refractivity contribution in [3.8, 4) is 0 Å². The van der Waals surface area contributed by atoms with Crippen LogP contribution in [0.4, 0.5) is 14.9 Å². The van der Waals surface area contributed by atoms with Crippen LogP contribution in [0.5, 0.6) is 0 Å². The first-order valence-corrected chi connectivity index (χ1v) is 9.73. The minimum absolute atomic E-state index is 0.0462. The van der Waals surface area contributed by atoms with Crippen LogP contribution in [0.1, 0.15) is 25.7 Å². The Morgan fingerprint density at radius 1 is 1.26 bits per heavy atom. The maximum Gasteiger partial charge on any atom is 0.321 e. The van der Waals surface area contributed by atoms with E-state index in [0.29, 0.717) is 37.9 Å². The molecule has 3 amide bonds. The van der Waals surface area contributed by atoms with Gasteiger partial charge in [0, 0.05) is 44.0 Å². The van der Waals surface area contributed by atoms with Crippen molar-refractivity contribution in [3.63, 3.8) is 0 Å². The van der Waals surface area contributed by atoms with Crippen molar-refractivity contribution in [3.05, 3.63) is 30.1 Å². The zero-order chi connectivity index (χ0) is 18.9. The number of nitrogens with one attached hydrogen (secondary N) is 2. The molecular weight excluding hydrogens is 349 g/mol. The van der Waals surface area contributed by atoms with Crippen molar-refractivity contribution >= 4 is 17.6 Å². The molecule has 0 unspecified atom stereocenters. The summed E-state index contributed by atoms with van der Waals surface area (Å²) in [6.07, 6.45) is 3.93. The predicted octanol–water partition coefficient (Wildman–Crippen LogP) is 2.61. The topological polar surface area (TPSA) is 70.7 Å². The zero-order valence-electron chi connectivity index (χ0n) is 15.4. The number of likely N-dealkylation sites (tertiary alicyclic amines) is 1. The zero-order valence-corrected chi connectivity index (χ0v) is 15.4. The van der Waals surface area contributed by atoms with Crippen LogP contribution < -0.4 is 10.6 Å². The van der Waals surface area contributed by atoms with Gasteiger partial charge >= 0.3 is 6.03 Å². The Hall–Kier alpha value is -2.15. The van der Waals surface area contributed by atoms with E-state index in [1.54, 1.807) is 17.0 Å². The highest BCUT2D eigenvalue weighted by Gasteiger charge is 2.51. The minimum Gasteiger partial charge on any atom is -0.381 e. The number of urea groups is 1. The van der Waals surface area contributed by atoms with Gasteiger partial charge in [-0.05, 0) is 49.8 Å². The van der Waals surface area contributed by atoms with E-state index >= 15 is 0 Å². The highest BCUT2D eigenvalue weighted by atomic mass is 19.1. The average molecular weight is 375 g/mol. The fraction of sp³-hybridized carbons (Fsp3) is 0.600. The quantitative estimate of drug-likeness (QED) is 0.850. The molecule has 3 fully saturated rings. The average Bonchev–Trinajstić information content (AvgIpc) is 3.42. The number of carbonyl (C=O) groups is 2. The molecule has 1 aromatic carbocycles. The lowest BCUT2D eigenvalue weighted by atomic mass is 9.72. The summed E-state index contributed by atoms with van der Waals surface area (Å²) in [6, 6.07) is 5.55. The Kier molecular flexibility index (Phi) is 5.04. The lowest BCUT2D eigenvalue weighted by Crippen LogP contribution is -2.44. The number of rotatable bonds is 4. The second-order valence-corrected chi connectivity index (χ2v) is 8.04. The van der Waals surface area contributed by atoms with Gasteiger partial charge in [-0.2, -0.15) is 0 Å². The number of amides is 3. The van der Waals surface area contributed by atoms with Crippen LogP contribution in [0.2, 0.25) is 0 Å². The minimum atomic E-state index is -0.396. The summed E-state index contributed by atoms with van der Waals surface area (Å²) in [4.78, 5) is 27.3. The summed E-state index contributed by atoms with van der Waals surface area (Å²) in [6.45, 7) is 2.88. The standard InChI is InChI=1S/C20H26FN3O3/c21-15-2-1-3-16(10-15)23-19(26)24-12-17(18(25)22-11-14-4-5-14)20(13-24)6-8-27-9-7-20/h1-3,10,14,17H,4-9,11-13H2,(H,22,25)(H,23,26)/t17-/m1/s1. The van der Waals surface area contributed by atoms with E-state index in [2.05, 4.69) is 10.6 Å². The molecule has 1 aromatic rings. The summed E-state index contributed by atoms with van der Waals surface area (Å²) in [5, 5.41) is 5.84. The number of ether oxygens (including phenoxy) is 1. The SMILES string of the molecule is O=C(NCC1CC1)[C@H]1CN(C(=O)Nc2cccc(F)c2)CC12CCOCC2. The first kappa shape index (κ1) is 18.2. The molecule has 146 valence electrons. The second-order valence-electron chi connectivity index (χ2n) is 8.04. The third-order valence-electron chi connectivity index (χ3n) is 6.08. The van der Waals surface area contributed by atoms with Gasteiger partial charge in [0.05, 0.1) is 5.92 Å². The second kappa shape index (κ2) is 7.46. The molecule has 0 bridgehead atoms. The van der Waals surface area contributed by atoms with Crippen molar-refractivity contribution in [2.75, 3.05) is 38.2 Å². The molecule has 2 heterocycles. The lowest BCUT2D eigenvalue weighted by Gasteiger charge is -2.37. The first-order valence-electron chi connectivity index (χ1n) is 9.73. The van der Waals surface area contributed by atoms with Crippen LogP contribution in [0.25, 0.3) is 0 Å². The van der Waals surface area contributed by atoms with E-state index in [4.69, 9.17) is 4.74 Å². The molecule has 6 nitrogen and oxygen atoms in total. The number of nitrogens with zero attached hydrogens (tertiary/aromatic N) is 1. The maximum atomic E-state index is 13.4. The molecule has 0 radical (unpaired) electrons. The van der Waals surface area contributed by atoms with Gasteiger partial charge < -0.3 is 20.3 Å². The molecule has 1 atom stereocenters. The van der Waals surface area contributed by atoms with Crippen molar-refractivity contribution in [2.45, 2.75) is 25.7 Å². The molecule has 4 rings (SSSR count). The van der Waals surface area contributed by atoms with Crippen LogP contribution in [0.3, 0.4) is 0 Å². The van der Waals surface area contributed by atoms with Gasteiger partial charge in [0.25, 0.3) is 0 Å². The molecule has 7 heteroatoms. The summed E-state index contributed by atoms with van der Waals surface area (Å²) in [7, 11) is 0. The van der Waals surface area contributed by atoms with Crippen molar-refractivity contribution < 1.29 is 18.7 Å². The van der Waals surface area contributed by atoms with Gasteiger partial charge in [0.15, 0.2) is 0 Å². The number of benzene rings is 1. The number of carbonyl (C=O) groups excluding carboxylic acids is 2. The Morgan fingerprint density at radius 2 is 2.04 bits per heavy atom. The fourth-order valence-electron chi connectivity index (χ4n) is 4.23. The van der Waals surface area contributed by atoms with Crippen LogP contribution in [0.15, 0.2) is 24.3 Å². The number of halogens is 1. The Bertz CT molecular complexity index is 716. The van der Waals surface area contributed by atoms with Gasteiger partial charge in [0.2, 0.25) is 5.91 Å². The van der Waals surface area contributed by atoms with Gasteiger partial charge in [0.1, 0.15) is 5.82 Å². The van der Waals surface area contributed by atoms with Crippen LogP contribution in [0, 0.1) is 23.1 Å². The van der Waals surface area contributed by atoms with E-state index in [-0.39, 0.29) is 23.3 Å². The molecule has 0 aromatic heterocycles. The molecule has 27 heavy (non-hydrogen) atoms. The molecule has 1 aliphatic carbocycles. The van der Waals surface area contributed by atoms with E-state index in [1.807, 2.05) is 0 Å². The summed E-state index contributed by atoms with van der Waals surface area (Å²) in [5.41, 5.74) is 0.188. The lowest BCUT2D eigenvalue weighted by molar-refractivity contribution is -0.129. The Balaban J connectivity index is 1.45. The van der Waals surface area contributed by atoms with E-state index < -0.39 is 5.82 Å². The highest BCUT2D eigenvalue weighted by molar-refractivity contribution is 5.90. The van der Waals surface area contributed by atoms with Crippen molar-refractivity contribution in [1.82, 2.24) is 10.2 Å². The van der Waals surface area contributed by atoms with Crippen molar-refractivity contribution in [2.24, 2.45) is 17.3 Å². The molecule has 2 N–H and O–H groups in total. The van der Waals surface area contributed by atoms with Gasteiger partial charge in [-0.1, -0.05) is 6.07 Å². The Morgan fingerprint density at radius 3 is 2.74 bits per heavy atom. The van der Waals surface area contributed by atoms with E-state index in [1.165, 1.54) is 25.0 Å². The predicted molar refractivity (Wildman–Crippen MR) is 98.7 cm³/mol.